The number of nitrogens with one attached hydrogen (secondary N) is 1. The molecular weight excluding hydrogens is 236 g/mol. The van der Waals surface area contributed by atoms with E-state index in [-0.39, 0.29) is 12.6 Å². The van der Waals surface area contributed by atoms with E-state index in [1.165, 1.54) is 0 Å². The molecule has 2 amide bonds. The zero-order valence-electron chi connectivity index (χ0n) is 11.1. The van der Waals surface area contributed by atoms with Crippen molar-refractivity contribution in [3.63, 3.8) is 0 Å². The fraction of sp³-hybridized carbons (Fsp3) is 0.833. The summed E-state index contributed by atoms with van der Waals surface area (Å²) in [5, 5.41) is 20.7. The van der Waals surface area contributed by atoms with Gasteiger partial charge in [0.2, 0.25) is 0 Å². The maximum atomic E-state index is 11.8. The van der Waals surface area contributed by atoms with Crippen LogP contribution in [0, 0.1) is 11.8 Å². The molecule has 0 bridgehead atoms. The number of likely N-dealkylation sites (tertiary alicyclic amines) is 1. The van der Waals surface area contributed by atoms with Crippen molar-refractivity contribution < 1.29 is 19.8 Å². The number of rotatable bonds is 4. The van der Waals surface area contributed by atoms with Crippen LogP contribution in [-0.4, -0.2) is 52.3 Å². The van der Waals surface area contributed by atoms with E-state index < -0.39 is 11.6 Å². The van der Waals surface area contributed by atoms with Crippen molar-refractivity contribution in [3.05, 3.63) is 0 Å². The summed E-state index contributed by atoms with van der Waals surface area (Å²) in [6.45, 7) is 6.51. The van der Waals surface area contributed by atoms with Gasteiger partial charge in [-0.1, -0.05) is 13.8 Å². The van der Waals surface area contributed by atoms with Crippen molar-refractivity contribution >= 4 is 12.0 Å². The number of nitrogens with zero attached hydrogens (tertiary/aromatic N) is 1. The van der Waals surface area contributed by atoms with E-state index in [4.69, 9.17) is 5.11 Å². The summed E-state index contributed by atoms with van der Waals surface area (Å²) in [5.41, 5.74) is -1.92. The molecular formula is C12H22N2O4. The predicted octanol–water partition coefficient (Wildman–Crippen LogP) is 0.509. The Bertz CT molecular complexity index is 328. The van der Waals surface area contributed by atoms with Crippen LogP contribution in [0.1, 0.15) is 27.2 Å². The van der Waals surface area contributed by atoms with Crippen molar-refractivity contribution in [3.8, 4) is 0 Å². The maximum absolute atomic E-state index is 11.8. The van der Waals surface area contributed by atoms with Gasteiger partial charge >= 0.3 is 12.0 Å². The smallest absolute Gasteiger partial charge is 0.337 e. The second-order valence-electron chi connectivity index (χ2n) is 5.48. The first-order valence-corrected chi connectivity index (χ1v) is 6.22. The minimum absolute atomic E-state index is 0.288. The minimum Gasteiger partial charge on any atom is -0.479 e. The van der Waals surface area contributed by atoms with E-state index in [0.717, 1.165) is 13.3 Å². The maximum Gasteiger partial charge on any atom is 0.337 e. The Kier molecular flexibility index (Phi) is 4.56. The first kappa shape index (κ1) is 14.8. The molecule has 0 spiro atoms. The molecule has 18 heavy (non-hydrogen) atoms. The molecule has 0 aromatic rings. The fourth-order valence-electron chi connectivity index (χ4n) is 1.95. The number of amides is 2. The first-order valence-electron chi connectivity index (χ1n) is 6.22. The van der Waals surface area contributed by atoms with Gasteiger partial charge in [0.15, 0.2) is 5.60 Å². The number of aliphatic carboxylic acids is 1. The van der Waals surface area contributed by atoms with Crippen LogP contribution in [0.4, 0.5) is 4.79 Å². The van der Waals surface area contributed by atoms with E-state index in [9.17, 15) is 14.7 Å². The molecule has 6 heteroatoms. The normalized spacial score (nSPS) is 22.9. The molecule has 1 fully saturated rings. The fourth-order valence-corrected chi connectivity index (χ4v) is 1.95. The number of carboxylic acids is 1. The van der Waals surface area contributed by atoms with Gasteiger partial charge in [-0.15, -0.1) is 0 Å². The highest BCUT2D eigenvalue weighted by Gasteiger charge is 2.32. The molecule has 0 aliphatic carbocycles. The summed E-state index contributed by atoms with van der Waals surface area (Å²) < 4.78 is 0. The number of carbonyl (C=O) groups is 2. The number of urea groups is 1. The molecule has 104 valence electrons. The van der Waals surface area contributed by atoms with Crippen molar-refractivity contribution in [1.29, 1.82) is 0 Å². The van der Waals surface area contributed by atoms with E-state index in [1.807, 2.05) is 0 Å². The van der Waals surface area contributed by atoms with Crippen molar-refractivity contribution in [2.24, 2.45) is 11.8 Å². The lowest BCUT2D eigenvalue weighted by Gasteiger charge is -2.22. The average molecular weight is 258 g/mol. The summed E-state index contributed by atoms with van der Waals surface area (Å²) in [4.78, 5) is 24.1. The highest BCUT2D eigenvalue weighted by atomic mass is 16.4. The number of carboxylic acid groups (broad SMARTS) is 1. The van der Waals surface area contributed by atoms with Gasteiger partial charge < -0.3 is 20.4 Å². The van der Waals surface area contributed by atoms with Crippen LogP contribution < -0.4 is 5.32 Å². The highest BCUT2D eigenvalue weighted by molar-refractivity contribution is 5.79. The molecule has 1 rings (SSSR count). The third kappa shape index (κ3) is 3.60. The molecule has 6 nitrogen and oxygen atoms in total. The first-order chi connectivity index (χ1) is 8.24. The molecule has 1 aliphatic heterocycles. The molecule has 0 aromatic heterocycles. The van der Waals surface area contributed by atoms with Gasteiger partial charge in [-0.2, -0.15) is 0 Å². The molecule has 1 heterocycles. The van der Waals surface area contributed by atoms with Crippen molar-refractivity contribution in [1.82, 2.24) is 10.2 Å². The zero-order chi connectivity index (χ0) is 13.9. The van der Waals surface area contributed by atoms with Crippen LogP contribution in [0.25, 0.3) is 0 Å². The van der Waals surface area contributed by atoms with Gasteiger partial charge in [0.1, 0.15) is 0 Å². The van der Waals surface area contributed by atoms with Gasteiger partial charge in [-0.3, -0.25) is 0 Å². The Morgan fingerprint density at radius 2 is 2.11 bits per heavy atom. The summed E-state index contributed by atoms with van der Waals surface area (Å²) >= 11 is 0. The van der Waals surface area contributed by atoms with Gasteiger partial charge in [0.25, 0.3) is 0 Å². The standard InChI is InChI=1S/C12H22N2O4/c1-8(2)9-4-5-14(6-9)11(17)13-7-12(3,18)10(15)16/h8-9,18H,4-7H2,1-3H3,(H,13,17)(H,15,16). The largest absolute Gasteiger partial charge is 0.479 e. The number of hydrogen-bond donors (Lipinski definition) is 3. The third-order valence-electron chi connectivity index (χ3n) is 3.50. The highest BCUT2D eigenvalue weighted by Crippen LogP contribution is 2.23. The van der Waals surface area contributed by atoms with E-state index >= 15 is 0 Å². The van der Waals surface area contributed by atoms with Crippen molar-refractivity contribution in [2.75, 3.05) is 19.6 Å². The second kappa shape index (κ2) is 5.56. The van der Waals surface area contributed by atoms with Gasteiger partial charge in [-0.25, -0.2) is 9.59 Å². The van der Waals surface area contributed by atoms with Gasteiger partial charge in [-0.05, 0) is 25.2 Å². The minimum atomic E-state index is -1.92. The van der Waals surface area contributed by atoms with Gasteiger partial charge in [0.05, 0.1) is 6.54 Å². The Morgan fingerprint density at radius 1 is 1.50 bits per heavy atom. The number of carbonyl (C=O) groups excluding carboxylic acids is 1. The lowest BCUT2D eigenvalue weighted by molar-refractivity contribution is -0.155. The van der Waals surface area contributed by atoms with E-state index in [2.05, 4.69) is 19.2 Å². The summed E-state index contributed by atoms with van der Waals surface area (Å²) in [7, 11) is 0. The Labute approximate surface area is 107 Å². The summed E-state index contributed by atoms with van der Waals surface area (Å²) in [5.74, 6) is -0.315. The lowest BCUT2D eigenvalue weighted by atomic mass is 9.95. The SMILES string of the molecule is CC(C)C1CCN(C(=O)NCC(C)(O)C(=O)O)C1. The molecule has 3 N–H and O–H groups in total. The lowest BCUT2D eigenvalue weighted by Crippen LogP contribution is -2.49. The average Bonchev–Trinajstić information content (AvgIpc) is 2.75. The van der Waals surface area contributed by atoms with Crippen molar-refractivity contribution in [2.45, 2.75) is 32.8 Å². The summed E-state index contributed by atoms with van der Waals surface area (Å²) in [6, 6.07) is -0.306. The number of aliphatic hydroxyl groups is 1. The van der Waals surface area contributed by atoms with E-state index in [1.54, 1.807) is 4.90 Å². The topological polar surface area (TPSA) is 89.9 Å². The predicted molar refractivity (Wildman–Crippen MR) is 66.2 cm³/mol. The van der Waals surface area contributed by atoms with Gasteiger partial charge in [0, 0.05) is 13.1 Å². The quantitative estimate of drug-likeness (QED) is 0.685. The molecule has 1 aliphatic rings. The monoisotopic (exact) mass is 258 g/mol. The van der Waals surface area contributed by atoms with Crippen LogP contribution in [0.5, 0.6) is 0 Å². The molecule has 2 atom stereocenters. The molecule has 2 unspecified atom stereocenters. The van der Waals surface area contributed by atoms with Crippen LogP contribution >= 0.6 is 0 Å². The summed E-state index contributed by atoms with van der Waals surface area (Å²) in [6.07, 6.45) is 0.973. The van der Waals surface area contributed by atoms with Crippen LogP contribution in [0.3, 0.4) is 0 Å². The van der Waals surface area contributed by atoms with Crippen LogP contribution in [0.15, 0.2) is 0 Å². The molecule has 1 saturated heterocycles. The van der Waals surface area contributed by atoms with E-state index in [0.29, 0.717) is 24.9 Å². The second-order valence-corrected chi connectivity index (χ2v) is 5.48. The Hall–Kier alpha value is -1.30. The van der Waals surface area contributed by atoms with Crippen LogP contribution in [-0.2, 0) is 4.79 Å². The zero-order valence-corrected chi connectivity index (χ0v) is 11.1. The molecule has 0 radical (unpaired) electrons. The molecule has 0 saturated carbocycles. The van der Waals surface area contributed by atoms with Crippen LogP contribution in [0.2, 0.25) is 0 Å². The number of hydrogen-bond acceptors (Lipinski definition) is 3. The third-order valence-corrected chi connectivity index (χ3v) is 3.50. The Balaban J connectivity index is 2.41. The molecule has 0 aromatic carbocycles. The Morgan fingerprint density at radius 3 is 2.56 bits per heavy atom.